The molecule has 50 heavy (non-hydrogen) atoms. The van der Waals surface area contributed by atoms with Crippen LogP contribution in [-0.4, -0.2) is 63.4 Å². The fraction of sp³-hybridized carbons (Fsp3) is 0.366. The van der Waals surface area contributed by atoms with Gasteiger partial charge in [0.1, 0.15) is 11.4 Å². The summed E-state index contributed by atoms with van der Waals surface area (Å²) < 4.78 is 12.9. The molecule has 0 aliphatic carbocycles. The standard InChI is InChI=1S/C41H47N5O4/c1-40(2,3)31-15-13-29(14-16-31)35(47)24-28-9-8-10-30(23-28)34-19-21-42-38-36(34)37(44-46(38)25-27-11-17-33(49-7)18-12-27)43-32-20-22-45(26-32)39(48)50-41(4,5)6/h8-19,21,23,32H,20,22,24-26H2,1-7H3,(H,43,44)/t32-/m1/s1. The lowest BCUT2D eigenvalue weighted by Crippen LogP contribution is -2.36. The van der Waals surface area contributed by atoms with E-state index in [-0.39, 0.29) is 23.3 Å². The number of benzene rings is 3. The fourth-order valence-corrected chi connectivity index (χ4v) is 6.31. The number of rotatable bonds is 9. The van der Waals surface area contributed by atoms with Gasteiger partial charge in [0.25, 0.3) is 0 Å². The summed E-state index contributed by atoms with van der Waals surface area (Å²) in [5.74, 6) is 1.57. The van der Waals surface area contributed by atoms with Gasteiger partial charge in [0.05, 0.1) is 19.0 Å². The molecule has 2 aromatic heterocycles. The zero-order chi connectivity index (χ0) is 35.6. The van der Waals surface area contributed by atoms with Crippen molar-refractivity contribution >= 4 is 28.7 Å². The maximum atomic E-state index is 13.4. The van der Waals surface area contributed by atoms with Crippen molar-refractivity contribution in [3.05, 3.63) is 107 Å². The number of likely N-dealkylation sites (tertiary alicyclic amines) is 1. The van der Waals surface area contributed by atoms with E-state index in [0.717, 1.165) is 45.5 Å². The number of Topliss-reactive ketones (excluding diaryl/α,β-unsaturated/α-hetero) is 1. The van der Waals surface area contributed by atoms with Crippen LogP contribution in [0.2, 0.25) is 0 Å². The van der Waals surface area contributed by atoms with Crippen LogP contribution < -0.4 is 10.1 Å². The van der Waals surface area contributed by atoms with E-state index in [1.165, 1.54) is 5.56 Å². The van der Waals surface area contributed by atoms with E-state index in [9.17, 15) is 9.59 Å². The summed E-state index contributed by atoms with van der Waals surface area (Å²) >= 11 is 0. The topological polar surface area (TPSA) is 98.6 Å². The normalized spacial score (nSPS) is 14.9. The Bertz CT molecular complexity index is 1990. The molecule has 0 saturated carbocycles. The zero-order valence-corrected chi connectivity index (χ0v) is 30.1. The third kappa shape index (κ3) is 7.99. The van der Waals surface area contributed by atoms with Crippen LogP contribution in [0, 0.1) is 0 Å². The van der Waals surface area contributed by atoms with E-state index >= 15 is 0 Å². The molecule has 1 atom stereocenters. The number of fused-ring (bicyclic) bond motifs is 1. The summed E-state index contributed by atoms with van der Waals surface area (Å²) in [4.78, 5) is 32.8. The van der Waals surface area contributed by atoms with Gasteiger partial charge in [-0.25, -0.2) is 14.5 Å². The molecule has 6 rings (SSSR count). The minimum absolute atomic E-state index is 0.0169. The first-order chi connectivity index (χ1) is 23.8. The number of nitrogens with zero attached hydrogens (tertiary/aromatic N) is 4. The minimum atomic E-state index is -0.560. The molecule has 1 saturated heterocycles. The van der Waals surface area contributed by atoms with Gasteiger partial charge in [-0.1, -0.05) is 81.4 Å². The highest BCUT2D eigenvalue weighted by atomic mass is 16.6. The van der Waals surface area contributed by atoms with Crippen molar-refractivity contribution in [2.24, 2.45) is 0 Å². The van der Waals surface area contributed by atoms with Gasteiger partial charge in [0.15, 0.2) is 17.2 Å². The third-order valence-electron chi connectivity index (χ3n) is 8.98. The molecular formula is C41H47N5O4. The maximum Gasteiger partial charge on any atom is 0.410 e. The molecule has 3 aromatic carbocycles. The van der Waals surface area contributed by atoms with E-state index in [1.807, 2.05) is 98.4 Å². The Morgan fingerprint density at radius 2 is 1.66 bits per heavy atom. The van der Waals surface area contributed by atoms with Crippen LogP contribution in [0.5, 0.6) is 5.75 Å². The van der Waals surface area contributed by atoms with Crippen molar-refractivity contribution in [2.45, 2.75) is 78.0 Å². The molecule has 260 valence electrons. The van der Waals surface area contributed by atoms with Gasteiger partial charge in [-0.2, -0.15) is 5.10 Å². The third-order valence-corrected chi connectivity index (χ3v) is 8.98. The first-order valence-electron chi connectivity index (χ1n) is 17.2. The largest absolute Gasteiger partial charge is 0.497 e. The zero-order valence-electron chi connectivity index (χ0n) is 30.1. The quantitative estimate of drug-likeness (QED) is 0.157. The number of hydrogen-bond donors (Lipinski definition) is 1. The Hall–Kier alpha value is -5.18. The first kappa shape index (κ1) is 34.7. The monoisotopic (exact) mass is 673 g/mol. The average Bonchev–Trinajstić information content (AvgIpc) is 3.69. The van der Waals surface area contributed by atoms with Crippen molar-refractivity contribution in [3.8, 4) is 16.9 Å². The predicted octanol–water partition coefficient (Wildman–Crippen LogP) is 8.30. The second-order valence-electron chi connectivity index (χ2n) is 15.1. The van der Waals surface area contributed by atoms with Gasteiger partial charge in [0.2, 0.25) is 0 Å². The second-order valence-corrected chi connectivity index (χ2v) is 15.1. The van der Waals surface area contributed by atoms with Crippen molar-refractivity contribution in [3.63, 3.8) is 0 Å². The minimum Gasteiger partial charge on any atom is -0.497 e. The number of hydrogen-bond acceptors (Lipinski definition) is 7. The summed E-state index contributed by atoms with van der Waals surface area (Å²) in [7, 11) is 1.65. The molecule has 0 radical (unpaired) electrons. The number of amides is 1. The highest BCUT2D eigenvalue weighted by Crippen LogP contribution is 2.35. The molecule has 0 unspecified atom stereocenters. The number of carbonyl (C=O) groups is 2. The van der Waals surface area contributed by atoms with Crippen LogP contribution in [0.3, 0.4) is 0 Å². The van der Waals surface area contributed by atoms with E-state index in [4.69, 9.17) is 19.6 Å². The second kappa shape index (κ2) is 14.0. The van der Waals surface area contributed by atoms with E-state index < -0.39 is 5.60 Å². The van der Waals surface area contributed by atoms with Crippen LogP contribution in [0.4, 0.5) is 10.6 Å². The van der Waals surface area contributed by atoms with Crippen LogP contribution in [-0.2, 0) is 23.1 Å². The van der Waals surface area contributed by atoms with Gasteiger partial charge in [-0.05, 0) is 78.6 Å². The van der Waals surface area contributed by atoms with Crippen LogP contribution >= 0.6 is 0 Å². The van der Waals surface area contributed by atoms with E-state index in [0.29, 0.717) is 37.4 Å². The number of ether oxygens (including phenoxy) is 2. The summed E-state index contributed by atoms with van der Waals surface area (Å²) in [6, 6.07) is 26.0. The van der Waals surface area contributed by atoms with Gasteiger partial charge >= 0.3 is 6.09 Å². The molecule has 0 spiro atoms. The molecule has 1 fully saturated rings. The first-order valence-corrected chi connectivity index (χ1v) is 17.2. The summed E-state index contributed by atoms with van der Waals surface area (Å²) in [5.41, 5.74) is 6.03. The molecule has 0 bridgehead atoms. The lowest BCUT2D eigenvalue weighted by Gasteiger charge is -2.24. The number of nitrogens with one attached hydrogen (secondary N) is 1. The van der Waals surface area contributed by atoms with E-state index in [2.05, 4.69) is 38.2 Å². The van der Waals surface area contributed by atoms with Gasteiger partial charge in [-0.3, -0.25) is 4.79 Å². The number of anilines is 1. The van der Waals surface area contributed by atoms with E-state index in [1.54, 1.807) is 12.0 Å². The molecule has 9 heteroatoms. The molecular weight excluding hydrogens is 626 g/mol. The van der Waals surface area contributed by atoms with Crippen LogP contribution in [0.15, 0.2) is 85.1 Å². The Labute approximate surface area is 294 Å². The Balaban J connectivity index is 1.31. The number of carbonyl (C=O) groups excluding carboxylic acids is 2. The summed E-state index contributed by atoms with van der Waals surface area (Å²) in [6.45, 7) is 13.7. The number of aromatic nitrogens is 3. The smallest absolute Gasteiger partial charge is 0.410 e. The Morgan fingerprint density at radius 3 is 2.34 bits per heavy atom. The van der Waals surface area contributed by atoms with Crippen LogP contribution in [0.25, 0.3) is 22.2 Å². The lowest BCUT2D eigenvalue weighted by atomic mass is 9.86. The van der Waals surface area contributed by atoms with Crippen molar-refractivity contribution in [2.75, 3.05) is 25.5 Å². The molecule has 3 heterocycles. The van der Waals surface area contributed by atoms with Gasteiger partial charge in [0, 0.05) is 37.3 Å². The SMILES string of the molecule is COc1ccc(Cn2nc(N[C@@H]3CCN(C(=O)OC(C)(C)C)C3)c3c(-c4cccc(CC(=O)c5ccc(C(C)(C)C)cc5)c4)ccnc32)cc1. The molecule has 1 aliphatic rings. The number of pyridine rings is 1. The Morgan fingerprint density at radius 1 is 0.920 bits per heavy atom. The average molecular weight is 674 g/mol. The number of ketones is 1. The predicted molar refractivity (Wildman–Crippen MR) is 198 cm³/mol. The summed E-state index contributed by atoms with van der Waals surface area (Å²) in [6.07, 6.45) is 2.55. The molecule has 1 aliphatic heterocycles. The molecule has 1 amide bonds. The number of methoxy groups -OCH3 is 1. The molecule has 9 nitrogen and oxygen atoms in total. The maximum absolute atomic E-state index is 13.4. The lowest BCUT2D eigenvalue weighted by molar-refractivity contribution is 0.0293. The van der Waals surface area contributed by atoms with Crippen molar-refractivity contribution < 1.29 is 19.1 Å². The summed E-state index contributed by atoms with van der Waals surface area (Å²) in [5, 5.41) is 9.60. The highest BCUT2D eigenvalue weighted by Gasteiger charge is 2.31. The van der Waals surface area contributed by atoms with Crippen LogP contribution in [0.1, 0.15) is 75.0 Å². The Kier molecular flexibility index (Phi) is 9.69. The van der Waals surface area contributed by atoms with Gasteiger partial charge in [-0.15, -0.1) is 0 Å². The van der Waals surface area contributed by atoms with Crippen molar-refractivity contribution in [1.29, 1.82) is 0 Å². The molecule has 5 aromatic rings. The van der Waals surface area contributed by atoms with Crippen molar-refractivity contribution in [1.82, 2.24) is 19.7 Å². The highest BCUT2D eigenvalue weighted by molar-refractivity contribution is 6.01. The fourth-order valence-electron chi connectivity index (χ4n) is 6.31. The molecule has 1 N–H and O–H groups in total. The van der Waals surface area contributed by atoms with Gasteiger partial charge < -0.3 is 19.7 Å².